The molecule has 208 valence electrons. The van der Waals surface area contributed by atoms with Gasteiger partial charge in [0.25, 0.3) is 0 Å². The minimum atomic E-state index is -0.888. The van der Waals surface area contributed by atoms with Crippen molar-refractivity contribution in [3.05, 3.63) is 126 Å². The Bertz CT molecular complexity index is 1540. The maximum Gasteiger partial charge on any atom is 0.317 e. The van der Waals surface area contributed by atoms with E-state index in [-0.39, 0.29) is 6.54 Å². The summed E-state index contributed by atoms with van der Waals surface area (Å²) in [6, 6.07) is 30.7. The summed E-state index contributed by atoms with van der Waals surface area (Å²) in [5, 5.41) is 9.46. The molecule has 41 heavy (non-hydrogen) atoms. The molecular formula is C33H31N3O5. The fourth-order valence-electron chi connectivity index (χ4n) is 4.37. The van der Waals surface area contributed by atoms with E-state index in [4.69, 9.17) is 13.9 Å². The van der Waals surface area contributed by atoms with E-state index in [1.165, 1.54) is 0 Å². The van der Waals surface area contributed by atoms with Gasteiger partial charge in [0.15, 0.2) is 0 Å². The summed E-state index contributed by atoms with van der Waals surface area (Å²) in [4.78, 5) is 22.4. The van der Waals surface area contributed by atoms with Crippen LogP contribution in [0.2, 0.25) is 0 Å². The average molecular weight is 550 g/mol. The maximum absolute atomic E-state index is 11.5. The van der Waals surface area contributed by atoms with Crippen molar-refractivity contribution < 1.29 is 23.8 Å². The number of aromatic nitrogens is 2. The number of hydrogen-bond acceptors (Lipinski definition) is 7. The van der Waals surface area contributed by atoms with Crippen molar-refractivity contribution >= 4 is 5.97 Å². The standard InChI is InChI=1S/C33H31N3O5/c1-24-30(35-33(40-24)27-8-4-2-5-9-27)18-19-39-31-17-14-26(20-34-31)22-36(23-32(37)38)21-25-12-15-29(16-13-25)41-28-10-6-3-7-11-28/h2-17,20H,18-19,21-23H2,1H3,(H,37,38). The van der Waals surface area contributed by atoms with Gasteiger partial charge in [0.1, 0.15) is 17.3 Å². The molecule has 1 N–H and O–H groups in total. The van der Waals surface area contributed by atoms with Crippen molar-refractivity contribution in [3.63, 3.8) is 0 Å². The van der Waals surface area contributed by atoms with Crippen LogP contribution >= 0.6 is 0 Å². The number of benzene rings is 3. The van der Waals surface area contributed by atoms with Crippen LogP contribution in [0.4, 0.5) is 0 Å². The highest BCUT2D eigenvalue weighted by molar-refractivity contribution is 5.69. The lowest BCUT2D eigenvalue weighted by molar-refractivity contribution is -0.138. The van der Waals surface area contributed by atoms with Gasteiger partial charge >= 0.3 is 5.97 Å². The second-order valence-electron chi connectivity index (χ2n) is 9.59. The van der Waals surface area contributed by atoms with Crippen LogP contribution in [0.3, 0.4) is 0 Å². The van der Waals surface area contributed by atoms with Crippen LogP contribution in [0.1, 0.15) is 22.6 Å². The number of pyridine rings is 1. The summed E-state index contributed by atoms with van der Waals surface area (Å²) < 4.78 is 17.5. The van der Waals surface area contributed by atoms with Gasteiger partial charge < -0.3 is 19.0 Å². The lowest BCUT2D eigenvalue weighted by atomic mass is 10.2. The van der Waals surface area contributed by atoms with E-state index in [1.54, 1.807) is 12.3 Å². The van der Waals surface area contributed by atoms with Crippen molar-refractivity contribution in [1.29, 1.82) is 0 Å². The summed E-state index contributed by atoms with van der Waals surface area (Å²) in [6.07, 6.45) is 2.31. The molecule has 0 amide bonds. The third-order valence-corrected chi connectivity index (χ3v) is 6.37. The van der Waals surface area contributed by atoms with Gasteiger partial charge in [-0.3, -0.25) is 9.69 Å². The van der Waals surface area contributed by atoms with E-state index in [2.05, 4.69) is 9.97 Å². The van der Waals surface area contributed by atoms with E-state index in [0.29, 0.717) is 37.9 Å². The first-order valence-electron chi connectivity index (χ1n) is 13.4. The van der Waals surface area contributed by atoms with Crippen LogP contribution < -0.4 is 9.47 Å². The number of aliphatic carboxylic acids is 1. The molecular weight excluding hydrogens is 518 g/mol. The highest BCUT2D eigenvalue weighted by Gasteiger charge is 2.14. The smallest absolute Gasteiger partial charge is 0.317 e. The molecule has 5 rings (SSSR count). The van der Waals surface area contributed by atoms with E-state index in [9.17, 15) is 9.90 Å². The molecule has 0 aliphatic heterocycles. The number of aryl methyl sites for hydroxylation is 1. The fourth-order valence-corrected chi connectivity index (χ4v) is 4.37. The van der Waals surface area contributed by atoms with Crippen molar-refractivity contribution in [1.82, 2.24) is 14.9 Å². The highest BCUT2D eigenvalue weighted by atomic mass is 16.5. The molecule has 0 aliphatic carbocycles. The SMILES string of the molecule is Cc1oc(-c2ccccc2)nc1CCOc1ccc(CN(CC(=O)O)Cc2ccc(Oc3ccccc3)cc2)cn1. The molecule has 5 aromatic rings. The summed E-state index contributed by atoms with van der Waals surface area (Å²) >= 11 is 0. The van der Waals surface area contributed by atoms with Crippen molar-refractivity contribution in [2.75, 3.05) is 13.2 Å². The Labute approximate surface area is 238 Å². The zero-order valence-corrected chi connectivity index (χ0v) is 22.8. The predicted octanol–water partition coefficient (Wildman–Crippen LogP) is 6.55. The first-order chi connectivity index (χ1) is 20.0. The van der Waals surface area contributed by atoms with E-state index in [1.807, 2.05) is 103 Å². The van der Waals surface area contributed by atoms with Crippen LogP contribution in [0.5, 0.6) is 17.4 Å². The van der Waals surface area contributed by atoms with Crippen molar-refractivity contribution in [2.45, 2.75) is 26.4 Å². The minimum Gasteiger partial charge on any atom is -0.480 e. The molecule has 8 nitrogen and oxygen atoms in total. The zero-order valence-electron chi connectivity index (χ0n) is 22.8. The quantitative estimate of drug-likeness (QED) is 0.177. The predicted molar refractivity (Wildman–Crippen MR) is 155 cm³/mol. The summed E-state index contributed by atoms with van der Waals surface area (Å²) in [6.45, 7) is 3.11. The second kappa shape index (κ2) is 13.4. The Balaban J connectivity index is 1.14. The topological polar surface area (TPSA) is 97.9 Å². The first kappa shape index (κ1) is 27.6. The zero-order chi connectivity index (χ0) is 28.4. The molecule has 0 saturated carbocycles. The van der Waals surface area contributed by atoms with Gasteiger partial charge in [-0.1, -0.05) is 54.6 Å². The highest BCUT2D eigenvalue weighted by Crippen LogP contribution is 2.23. The minimum absolute atomic E-state index is 0.0947. The Morgan fingerprint density at radius 3 is 2.20 bits per heavy atom. The second-order valence-corrected chi connectivity index (χ2v) is 9.59. The largest absolute Gasteiger partial charge is 0.480 e. The molecule has 0 atom stereocenters. The average Bonchev–Trinajstić information content (AvgIpc) is 3.36. The van der Waals surface area contributed by atoms with Crippen LogP contribution in [0, 0.1) is 6.92 Å². The van der Waals surface area contributed by atoms with Gasteiger partial charge in [0.05, 0.1) is 18.8 Å². The van der Waals surface area contributed by atoms with Crippen LogP contribution in [0.25, 0.3) is 11.5 Å². The van der Waals surface area contributed by atoms with Crippen LogP contribution in [-0.4, -0.2) is 39.1 Å². The number of oxazole rings is 1. The number of carbonyl (C=O) groups is 1. The van der Waals surface area contributed by atoms with Crippen molar-refractivity contribution in [3.8, 4) is 28.8 Å². The Hall–Kier alpha value is -4.95. The summed E-state index contributed by atoms with van der Waals surface area (Å²) in [7, 11) is 0. The van der Waals surface area contributed by atoms with E-state index < -0.39 is 5.97 Å². The van der Waals surface area contributed by atoms with Gasteiger partial charge in [-0.15, -0.1) is 0 Å². The molecule has 0 radical (unpaired) electrons. The Morgan fingerprint density at radius 1 is 0.854 bits per heavy atom. The van der Waals surface area contributed by atoms with Gasteiger partial charge in [0.2, 0.25) is 11.8 Å². The third kappa shape index (κ3) is 8.03. The van der Waals surface area contributed by atoms with Gasteiger partial charge in [-0.2, -0.15) is 0 Å². The number of carboxylic acids is 1. The monoisotopic (exact) mass is 549 g/mol. The number of rotatable bonds is 13. The molecule has 0 bridgehead atoms. The normalized spacial score (nSPS) is 11.0. The number of hydrogen-bond donors (Lipinski definition) is 1. The number of para-hydroxylation sites is 1. The maximum atomic E-state index is 11.5. The summed E-state index contributed by atoms with van der Waals surface area (Å²) in [5.74, 6) is 2.46. The molecule has 0 spiro atoms. The first-order valence-corrected chi connectivity index (χ1v) is 13.4. The van der Waals surface area contributed by atoms with E-state index in [0.717, 1.165) is 39.6 Å². The lowest BCUT2D eigenvalue weighted by Crippen LogP contribution is -2.29. The molecule has 2 heterocycles. The molecule has 0 fully saturated rings. The van der Waals surface area contributed by atoms with Crippen LogP contribution in [-0.2, 0) is 24.3 Å². The molecule has 0 unspecified atom stereocenters. The van der Waals surface area contributed by atoms with E-state index >= 15 is 0 Å². The third-order valence-electron chi connectivity index (χ3n) is 6.37. The van der Waals surface area contributed by atoms with Gasteiger partial charge in [0, 0.05) is 37.3 Å². The number of ether oxygens (including phenoxy) is 2. The van der Waals surface area contributed by atoms with Crippen molar-refractivity contribution in [2.24, 2.45) is 0 Å². The molecule has 3 aromatic carbocycles. The fraction of sp³-hybridized carbons (Fsp3) is 0.182. The molecule has 8 heteroatoms. The summed E-state index contributed by atoms with van der Waals surface area (Å²) in [5.41, 5.74) is 3.66. The molecule has 2 aromatic heterocycles. The number of nitrogens with zero attached hydrogens (tertiary/aromatic N) is 3. The Morgan fingerprint density at radius 2 is 1.51 bits per heavy atom. The Kier molecular flexibility index (Phi) is 9.03. The number of carboxylic acid groups (broad SMARTS) is 1. The van der Waals surface area contributed by atoms with Gasteiger partial charge in [-0.25, -0.2) is 9.97 Å². The molecule has 0 aliphatic rings. The van der Waals surface area contributed by atoms with Crippen LogP contribution in [0.15, 0.2) is 108 Å². The lowest BCUT2D eigenvalue weighted by Gasteiger charge is -2.20. The molecule has 0 saturated heterocycles. The van der Waals surface area contributed by atoms with Gasteiger partial charge in [-0.05, 0) is 54.4 Å².